The first-order chi connectivity index (χ1) is 16.6. The summed E-state index contributed by atoms with van der Waals surface area (Å²) in [4.78, 5) is 14.6. The third-order valence-electron chi connectivity index (χ3n) is 6.24. The second kappa shape index (κ2) is 11.1. The molecular weight excluding hydrogens is 463 g/mol. The minimum atomic E-state index is -5.04. The van der Waals surface area contributed by atoms with Crippen molar-refractivity contribution in [2.24, 2.45) is 0 Å². The molecule has 1 aliphatic rings. The molecule has 35 heavy (non-hydrogen) atoms. The molecule has 4 N–H and O–H groups in total. The average Bonchev–Trinajstić information content (AvgIpc) is 2.84. The predicted molar refractivity (Wildman–Crippen MR) is 125 cm³/mol. The van der Waals surface area contributed by atoms with Gasteiger partial charge in [-0.2, -0.15) is 18.4 Å². The van der Waals surface area contributed by atoms with E-state index in [9.17, 15) is 33.4 Å². The number of nitrogens with one attached hydrogen (secondary N) is 1. The van der Waals surface area contributed by atoms with E-state index in [2.05, 4.69) is 5.32 Å². The molecule has 0 saturated carbocycles. The van der Waals surface area contributed by atoms with Gasteiger partial charge in [0.15, 0.2) is 0 Å². The van der Waals surface area contributed by atoms with Crippen molar-refractivity contribution in [3.63, 3.8) is 0 Å². The Labute approximate surface area is 201 Å². The first kappa shape index (κ1) is 26.5. The van der Waals surface area contributed by atoms with Crippen molar-refractivity contribution in [2.75, 3.05) is 24.6 Å². The van der Waals surface area contributed by atoms with Crippen LogP contribution in [0.2, 0.25) is 0 Å². The van der Waals surface area contributed by atoms with Crippen LogP contribution in [0.15, 0.2) is 42.0 Å². The number of hydrogen-bond acceptors (Lipinski definition) is 6. The average molecular weight is 492 g/mol. The molecule has 1 saturated heterocycles. The van der Waals surface area contributed by atoms with Gasteiger partial charge in [0.25, 0.3) is 5.91 Å². The molecule has 0 spiro atoms. The van der Waals surface area contributed by atoms with Gasteiger partial charge in [-0.25, -0.2) is 0 Å². The number of benzene rings is 2. The summed E-state index contributed by atoms with van der Waals surface area (Å²) in [6.07, 6.45) is -5.71. The fourth-order valence-electron chi connectivity index (χ4n) is 4.39. The van der Waals surface area contributed by atoms with Crippen LogP contribution in [0.1, 0.15) is 31.7 Å². The molecule has 0 radical (unpaired) electrons. The first-order valence-electron chi connectivity index (χ1n) is 11.4. The molecule has 1 amide bonds. The summed E-state index contributed by atoms with van der Waals surface area (Å²) in [5.41, 5.74) is -2.47. The molecule has 3 rings (SSSR count). The Morgan fingerprint density at radius 2 is 1.91 bits per heavy atom. The minimum absolute atomic E-state index is 0.0442. The number of rotatable bonds is 7. The van der Waals surface area contributed by atoms with Gasteiger partial charge < -0.3 is 25.5 Å². The van der Waals surface area contributed by atoms with Crippen molar-refractivity contribution in [2.45, 2.75) is 50.6 Å². The molecule has 1 aliphatic heterocycles. The molecule has 0 bridgehead atoms. The van der Waals surface area contributed by atoms with Crippen LogP contribution in [0.3, 0.4) is 0 Å². The van der Waals surface area contributed by atoms with Crippen molar-refractivity contribution in [3.05, 3.63) is 47.5 Å². The fraction of sp³-hybridized carbons (Fsp3) is 0.440. The molecule has 3 atom stereocenters. The maximum absolute atomic E-state index is 14.5. The van der Waals surface area contributed by atoms with E-state index in [0.717, 1.165) is 24.6 Å². The smallest absolute Gasteiger partial charge is 0.394 e. The zero-order chi connectivity index (χ0) is 25.8. The monoisotopic (exact) mass is 491 g/mol. The van der Waals surface area contributed by atoms with Crippen LogP contribution in [0.25, 0.3) is 16.3 Å². The van der Waals surface area contributed by atoms with Gasteiger partial charge >= 0.3 is 6.18 Å². The summed E-state index contributed by atoms with van der Waals surface area (Å²) in [6, 6.07) is 11.2. The number of nitrogens with zero attached hydrogens (tertiary/aromatic N) is 2. The highest BCUT2D eigenvalue weighted by atomic mass is 19.4. The van der Waals surface area contributed by atoms with Crippen molar-refractivity contribution in [3.8, 4) is 6.07 Å². The predicted octanol–water partition coefficient (Wildman–Crippen LogP) is 2.89. The number of carbonyl (C=O) groups excluding carboxylic acids is 1. The van der Waals surface area contributed by atoms with Crippen LogP contribution in [0, 0.1) is 11.3 Å². The Balaban J connectivity index is 2.20. The van der Waals surface area contributed by atoms with Gasteiger partial charge in [0, 0.05) is 30.1 Å². The molecule has 2 aromatic carbocycles. The fourth-order valence-corrected chi connectivity index (χ4v) is 4.39. The molecule has 3 unspecified atom stereocenters. The zero-order valence-corrected chi connectivity index (χ0v) is 19.2. The van der Waals surface area contributed by atoms with Crippen molar-refractivity contribution in [1.29, 1.82) is 5.26 Å². The first-order valence-corrected chi connectivity index (χ1v) is 11.4. The van der Waals surface area contributed by atoms with Crippen LogP contribution in [-0.2, 0) is 4.79 Å². The standard InChI is InChI=1S/C25H28F3N3O4/c1-15-6-4-5-11-31(15)23-17-8-3-2-7-16(17)9-10-18(23)22(25(26,27)28)19(12-29)24(35)30-13-20(33)21(34)14-32/h2-3,7-10,15,20-21,32-34H,4-6,11,13-14H2,1H3,(H,30,35)/b22-19-. The molecule has 0 aromatic heterocycles. The summed E-state index contributed by atoms with van der Waals surface area (Å²) in [5.74, 6) is -1.34. The third-order valence-corrected chi connectivity index (χ3v) is 6.24. The lowest BCUT2D eigenvalue weighted by Crippen LogP contribution is -2.41. The van der Waals surface area contributed by atoms with Crippen molar-refractivity contribution >= 4 is 27.9 Å². The minimum Gasteiger partial charge on any atom is -0.394 e. The summed E-state index contributed by atoms with van der Waals surface area (Å²) in [6.45, 7) is 1.02. The molecule has 7 nitrogen and oxygen atoms in total. The number of hydrogen-bond donors (Lipinski definition) is 4. The van der Waals surface area contributed by atoms with E-state index in [0.29, 0.717) is 17.6 Å². The maximum Gasteiger partial charge on any atom is 0.418 e. The summed E-state index contributed by atoms with van der Waals surface area (Å²) in [5, 5.41) is 41.1. The number of fused-ring (bicyclic) bond motifs is 1. The molecular formula is C25H28F3N3O4. The molecule has 188 valence electrons. The van der Waals surface area contributed by atoms with Crippen LogP contribution >= 0.6 is 0 Å². The largest absolute Gasteiger partial charge is 0.418 e. The maximum atomic E-state index is 14.5. The molecule has 10 heteroatoms. The lowest BCUT2D eigenvalue weighted by molar-refractivity contribution is -0.118. The Morgan fingerprint density at radius 3 is 2.54 bits per heavy atom. The van der Waals surface area contributed by atoms with Crippen LogP contribution in [-0.4, -0.2) is 65.3 Å². The number of nitriles is 1. The topological polar surface area (TPSA) is 117 Å². The SMILES string of the molecule is CC1CCCCN1c1c(/C(=C(\C#N)C(=O)NCC(O)C(O)CO)C(F)(F)F)ccc2ccccc12. The number of allylic oxidation sites excluding steroid dienone is 1. The number of piperidine rings is 1. The van der Waals surface area contributed by atoms with E-state index < -0.39 is 48.6 Å². The Morgan fingerprint density at radius 1 is 1.20 bits per heavy atom. The third kappa shape index (κ3) is 5.75. The van der Waals surface area contributed by atoms with Crippen molar-refractivity contribution in [1.82, 2.24) is 5.32 Å². The van der Waals surface area contributed by atoms with Crippen LogP contribution in [0.5, 0.6) is 0 Å². The highest BCUT2D eigenvalue weighted by Crippen LogP contribution is 2.45. The normalized spacial score (nSPS) is 19.0. The summed E-state index contributed by atoms with van der Waals surface area (Å²) in [7, 11) is 0. The van der Waals surface area contributed by atoms with Gasteiger partial charge in [-0.3, -0.25) is 4.79 Å². The second-order valence-electron chi connectivity index (χ2n) is 8.61. The van der Waals surface area contributed by atoms with E-state index in [4.69, 9.17) is 5.11 Å². The number of carbonyl (C=O) groups is 1. The number of alkyl halides is 3. The Bertz CT molecular complexity index is 1140. The van der Waals surface area contributed by atoms with Gasteiger partial charge in [-0.1, -0.05) is 36.4 Å². The Hall–Kier alpha value is -3.13. The molecule has 2 aromatic rings. The zero-order valence-electron chi connectivity index (χ0n) is 19.2. The Kier molecular flexibility index (Phi) is 8.38. The highest BCUT2D eigenvalue weighted by molar-refractivity contribution is 6.09. The van der Waals surface area contributed by atoms with E-state index >= 15 is 0 Å². The van der Waals surface area contributed by atoms with E-state index in [1.165, 1.54) is 18.2 Å². The second-order valence-corrected chi connectivity index (χ2v) is 8.61. The van der Waals surface area contributed by atoms with Crippen molar-refractivity contribution < 1.29 is 33.3 Å². The number of anilines is 1. The lowest BCUT2D eigenvalue weighted by atomic mass is 9.91. The molecule has 0 aliphatic carbocycles. The molecule has 1 heterocycles. The summed E-state index contributed by atoms with van der Waals surface area (Å²) >= 11 is 0. The van der Waals surface area contributed by atoms with Gasteiger partial charge in [0.1, 0.15) is 17.7 Å². The van der Waals surface area contributed by atoms with E-state index in [-0.39, 0.29) is 11.6 Å². The number of aliphatic hydroxyl groups excluding tert-OH is 3. The van der Waals surface area contributed by atoms with Crippen LogP contribution < -0.4 is 10.2 Å². The van der Waals surface area contributed by atoms with Gasteiger partial charge in [-0.05, 0) is 31.6 Å². The van der Waals surface area contributed by atoms with E-state index in [1.807, 2.05) is 11.8 Å². The van der Waals surface area contributed by atoms with Gasteiger partial charge in [0.2, 0.25) is 0 Å². The highest BCUT2D eigenvalue weighted by Gasteiger charge is 2.42. The van der Waals surface area contributed by atoms with Gasteiger partial charge in [-0.15, -0.1) is 0 Å². The number of amides is 1. The summed E-state index contributed by atoms with van der Waals surface area (Å²) < 4.78 is 43.5. The quantitative estimate of drug-likeness (QED) is 0.350. The van der Waals surface area contributed by atoms with E-state index in [1.54, 1.807) is 24.3 Å². The van der Waals surface area contributed by atoms with Gasteiger partial charge in [0.05, 0.1) is 24.0 Å². The lowest BCUT2D eigenvalue weighted by Gasteiger charge is -2.38. The molecule has 1 fully saturated rings. The number of halogens is 3. The van der Waals surface area contributed by atoms with Crippen LogP contribution in [0.4, 0.5) is 18.9 Å². The number of aliphatic hydroxyl groups is 3.